The summed E-state index contributed by atoms with van der Waals surface area (Å²) in [4.78, 5) is 4.06. The van der Waals surface area contributed by atoms with Gasteiger partial charge < -0.3 is 15.4 Å². The summed E-state index contributed by atoms with van der Waals surface area (Å²) in [6.07, 6.45) is 0.875. The van der Waals surface area contributed by atoms with E-state index in [1.54, 1.807) is 13.1 Å². The summed E-state index contributed by atoms with van der Waals surface area (Å²) in [7, 11) is -1.84. The first kappa shape index (κ1) is 23.9. The molecule has 0 saturated heterocycles. The van der Waals surface area contributed by atoms with Gasteiger partial charge in [0.15, 0.2) is 5.96 Å². The van der Waals surface area contributed by atoms with E-state index in [4.69, 9.17) is 16.3 Å². The molecule has 0 aliphatic heterocycles. The van der Waals surface area contributed by atoms with Crippen molar-refractivity contribution >= 4 is 62.9 Å². The molecule has 1 aromatic rings. The lowest BCUT2D eigenvalue weighted by Crippen LogP contribution is -2.41. The highest BCUT2D eigenvalue weighted by atomic mass is 127. The van der Waals surface area contributed by atoms with Gasteiger partial charge in [0, 0.05) is 39.9 Å². The molecule has 0 fully saturated rings. The van der Waals surface area contributed by atoms with Crippen molar-refractivity contribution in [3.05, 3.63) is 16.5 Å². The maximum atomic E-state index is 12.0. The van der Waals surface area contributed by atoms with Crippen molar-refractivity contribution in [1.29, 1.82) is 0 Å². The van der Waals surface area contributed by atoms with Crippen molar-refractivity contribution in [3.8, 4) is 0 Å². The van der Waals surface area contributed by atoms with Crippen molar-refractivity contribution in [2.75, 3.05) is 39.9 Å². The standard InChI is InChI=1S/C13H23ClN4O3S2.HI/c1-3-21-10-4-7-16-13(15-2)17-8-9-18-23(19,20)12-6-5-11(14)22-12;/h5-6,18H,3-4,7-10H2,1-2H3,(H2,15,16,17);1H. The number of hydrogen-bond acceptors (Lipinski definition) is 5. The van der Waals surface area contributed by atoms with Crippen LogP contribution in [-0.4, -0.2) is 54.3 Å². The summed E-state index contributed by atoms with van der Waals surface area (Å²) in [6, 6.07) is 3.05. The SMILES string of the molecule is CCOCCCNC(=NC)NCCNS(=O)(=O)c1ccc(Cl)s1.I. The Hall–Kier alpha value is -0.140. The molecule has 7 nitrogen and oxygen atoms in total. The van der Waals surface area contributed by atoms with Gasteiger partial charge in [0.1, 0.15) is 4.21 Å². The zero-order chi connectivity index (χ0) is 17.1. The first-order valence-corrected chi connectivity index (χ1v) is 9.94. The van der Waals surface area contributed by atoms with E-state index in [0.29, 0.717) is 30.1 Å². The Morgan fingerprint density at radius 2 is 2.00 bits per heavy atom. The highest BCUT2D eigenvalue weighted by Gasteiger charge is 2.15. The molecule has 3 N–H and O–H groups in total. The van der Waals surface area contributed by atoms with Crippen LogP contribution in [0.3, 0.4) is 0 Å². The summed E-state index contributed by atoms with van der Waals surface area (Å²) in [5, 5.41) is 6.17. The molecule has 0 radical (unpaired) electrons. The molecule has 0 bridgehead atoms. The van der Waals surface area contributed by atoms with Gasteiger partial charge in [0.05, 0.1) is 4.34 Å². The number of nitrogens with one attached hydrogen (secondary N) is 3. The van der Waals surface area contributed by atoms with E-state index in [1.165, 1.54) is 6.07 Å². The number of aliphatic imine (C=N–C) groups is 1. The Bertz CT molecular complexity index is 596. The molecule has 140 valence electrons. The molecule has 0 saturated carbocycles. The summed E-state index contributed by atoms with van der Waals surface area (Å²) < 4.78 is 32.4. The third kappa shape index (κ3) is 9.37. The number of nitrogens with zero attached hydrogens (tertiary/aromatic N) is 1. The molecule has 11 heteroatoms. The van der Waals surface area contributed by atoms with Crippen LogP contribution in [0.4, 0.5) is 0 Å². The van der Waals surface area contributed by atoms with Gasteiger partial charge in [-0.05, 0) is 25.5 Å². The third-order valence-electron chi connectivity index (χ3n) is 2.71. The van der Waals surface area contributed by atoms with Gasteiger partial charge in [-0.1, -0.05) is 11.6 Å². The minimum atomic E-state index is -3.50. The summed E-state index contributed by atoms with van der Waals surface area (Å²) >= 11 is 6.78. The van der Waals surface area contributed by atoms with E-state index in [9.17, 15) is 8.42 Å². The summed E-state index contributed by atoms with van der Waals surface area (Å²) in [5.74, 6) is 0.625. The maximum absolute atomic E-state index is 12.0. The normalized spacial score (nSPS) is 11.9. The Morgan fingerprint density at radius 3 is 2.58 bits per heavy atom. The fourth-order valence-corrected chi connectivity index (χ4v) is 4.18. The lowest BCUT2D eigenvalue weighted by atomic mass is 10.4. The molecule has 24 heavy (non-hydrogen) atoms. The van der Waals surface area contributed by atoms with Crippen LogP contribution >= 0.6 is 46.9 Å². The lowest BCUT2D eigenvalue weighted by molar-refractivity contribution is 0.145. The van der Waals surface area contributed by atoms with E-state index in [0.717, 1.165) is 24.3 Å². The molecule has 0 spiro atoms. The number of halogens is 2. The Morgan fingerprint density at radius 1 is 1.29 bits per heavy atom. The molecule has 0 aliphatic rings. The van der Waals surface area contributed by atoms with Gasteiger partial charge in [-0.25, -0.2) is 13.1 Å². The molecule has 1 rings (SSSR count). The second-order valence-corrected chi connectivity index (χ2v) is 8.14. The molecule has 0 aliphatic carbocycles. The van der Waals surface area contributed by atoms with Crippen molar-refractivity contribution in [2.24, 2.45) is 4.99 Å². The Labute approximate surface area is 169 Å². The second-order valence-electron chi connectivity index (χ2n) is 4.43. The number of ether oxygens (including phenoxy) is 1. The van der Waals surface area contributed by atoms with E-state index in [1.807, 2.05) is 6.92 Å². The quantitative estimate of drug-likeness (QED) is 0.194. The topological polar surface area (TPSA) is 91.8 Å². The zero-order valence-corrected chi connectivity index (χ0v) is 18.4. The first-order chi connectivity index (χ1) is 11.0. The number of thiophene rings is 1. The maximum Gasteiger partial charge on any atom is 0.250 e. The van der Waals surface area contributed by atoms with Crippen molar-refractivity contribution in [1.82, 2.24) is 15.4 Å². The average Bonchev–Trinajstić information content (AvgIpc) is 2.96. The van der Waals surface area contributed by atoms with Crippen molar-refractivity contribution in [3.63, 3.8) is 0 Å². The van der Waals surface area contributed by atoms with Gasteiger partial charge in [0.2, 0.25) is 10.0 Å². The smallest absolute Gasteiger partial charge is 0.250 e. The third-order valence-corrected chi connectivity index (χ3v) is 5.89. The molecular weight excluding hydrogens is 487 g/mol. The predicted octanol–water partition coefficient (Wildman–Crippen LogP) is 1.89. The average molecular weight is 511 g/mol. The minimum Gasteiger partial charge on any atom is -0.382 e. The minimum absolute atomic E-state index is 0. The largest absolute Gasteiger partial charge is 0.382 e. The zero-order valence-electron chi connectivity index (χ0n) is 13.7. The van der Waals surface area contributed by atoms with Gasteiger partial charge in [-0.3, -0.25) is 4.99 Å². The van der Waals surface area contributed by atoms with Gasteiger partial charge >= 0.3 is 0 Å². The van der Waals surface area contributed by atoms with Crippen molar-refractivity contribution in [2.45, 2.75) is 17.6 Å². The van der Waals surface area contributed by atoms with E-state index in [2.05, 4.69) is 20.3 Å². The van der Waals surface area contributed by atoms with Crippen LogP contribution in [0.2, 0.25) is 4.34 Å². The highest BCUT2D eigenvalue weighted by molar-refractivity contribution is 14.0. The lowest BCUT2D eigenvalue weighted by Gasteiger charge is -2.12. The van der Waals surface area contributed by atoms with E-state index in [-0.39, 0.29) is 34.7 Å². The van der Waals surface area contributed by atoms with Crippen LogP contribution in [0.1, 0.15) is 13.3 Å². The molecule has 0 amide bonds. The van der Waals surface area contributed by atoms with E-state index < -0.39 is 10.0 Å². The molecule has 0 atom stereocenters. The van der Waals surface area contributed by atoms with Crippen LogP contribution < -0.4 is 15.4 Å². The molecular formula is C13H24ClIN4O3S2. The van der Waals surface area contributed by atoms with Crippen LogP contribution in [0.25, 0.3) is 0 Å². The Balaban J connectivity index is 0.00000529. The second kappa shape index (κ2) is 13.1. The van der Waals surface area contributed by atoms with E-state index >= 15 is 0 Å². The predicted molar refractivity (Wildman–Crippen MR) is 110 cm³/mol. The fourth-order valence-electron chi connectivity index (χ4n) is 1.63. The number of guanidine groups is 1. The van der Waals surface area contributed by atoms with Gasteiger partial charge in [-0.2, -0.15) is 0 Å². The van der Waals surface area contributed by atoms with Gasteiger partial charge in [-0.15, -0.1) is 35.3 Å². The van der Waals surface area contributed by atoms with Crippen LogP contribution in [0.5, 0.6) is 0 Å². The molecule has 0 unspecified atom stereocenters. The molecule has 1 aromatic heterocycles. The number of sulfonamides is 1. The monoisotopic (exact) mass is 510 g/mol. The van der Waals surface area contributed by atoms with Crippen LogP contribution in [-0.2, 0) is 14.8 Å². The Kier molecular flexibility index (Phi) is 13.0. The van der Waals surface area contributed by atoms with Crippen LogP contribution in [0.15, 0.2) is 21.3 Å². The highest BCUT2D eigenvalue weighted by Crippen LogP contribution is 2.24. The van der Waals surface area contributed by atoms with Crippen LogP contribution in [0, 0.1) is 0 Å². The molecule has 0 aromatic carbocycles. The summed E-state index contributed by atoms with van der Waals surface area (Å²) in [5.41, 5.74) is 0. The number of rotatable bonds is 10. The first-order valence-electron chi connectivity index (χ1n) is 7.27. The summed E-state index contributed by atoms with van der Waals surface area (Å²) in [6.45, 7) is 4.77. The number of hydrogen-bond donors (Lipinski definition) is 3. The van der Waals surface area contributed by atoms with Gasteiger partial charge in [0.25, 0.3) is 0 Å². The fraction of sp³-hybridized carbons (Fsp3) is 0.615. The molecule has 1 heterocycles. The van der Waals surface area contributed by atoms with Crippen molar-refractivity contribution < 1.29 is 13.2 Å².